The van der Waals surface area contributed by atoms with E-state index in [1.165, 1.54) is 12.8 Å². The molecule has 0 saturated heterocycles. The Balaban J connectivity index is 1.58. The number of nitrogens with one attached hydrogen (secondary N) is 1. The van der Waals surface area contributed by atoms with Crippen LogP contribution >= 0.6 is 12.2 Å². The van der Waals surface area contributed by atoms with Crippen LogP contribution in [0.15, 0.2) is 18.3 Å². The molecular formula is C13H19N3OS. The van der Waals surface area contributed by atoms with E-state index >= 15 is 0 Å². The van der Waals surface area contributed by atoms with Gasteiger partial charge in [-0.2, -0.15) is 0 Å². The lowest BCUT2D eigenvalue weighted by Gasteiger charge is -2.07. The maximum absolute atomic E-state index is 5.56. The van der Waals surface area contributed by atoms with Crippen molar-refractivity contribution >= 4 is 22.9 Å². The summed E-state index contributed by atoms with van der Waals surface area (Å²) in [6, 6.07) is 3.76. The van der Waals surface area contributed by atoms with E-state index in [9.17, 15) is 0 Å². The first-order valence-electron chi connectivity index (χ1n) is 6.33. The van der Waals surface area contributed by atoms with Crippen molar-refractivity contribution in [3.8, 4) is 0 Å². The summed E-state index contributed by atoms with van der Waals surface area (Å²) in [6.07, 6.45) is 5.45. The summed E-state index contributed by atoms with van der Waals surface area (Å²) >= 11 is 4.84. The third-order valence-electron chi connectivity index (χ3n) is 2.86. The Morgan fingerprint density at radius 1 is 1.50 bits per heavy atom. The number of hydrogen-bond acceptors (Lipinski definition) is 4. The maximum Gasteiger partial charge on any atom is 0.122 e. The topological polar surface area (TPSA) is 60.2 Å². The average Bonchev–Trinajstić information content (AvgIpc) is 3.18. The quantitative estimate of drug-likeness (QED) is 0.555. The van der Waals surface area contributed by atoms with E-state index in [0.717, 1.165) is 37.8 Å². The molecule has 0 atom stereocenters. The standard InChI is InChI=1S/C13H19N3OS/c14-13(18)12-5-4-11(8-16-12)15-6-1-7-17-9-10-2-3-10/h4-5,8,10,15H,1-3,6-7,9H2,(H2,14,18). The van der Waals surface area contributed by atoms with Gasteiger partial charge >= 0.3 is 0 Å². The van der Waals surface area contributed by atoms with Gasteiger partial charge in [-0.15, -0.1) is 0 Å². The van der Waals surface area contributed by atoms with Gasteiger partial charge in [0.05, 0.1) is 17.6 Å². The lowest BCUT2D eigenvalue weighted by molar-refractivity contribution is 0.124. The first-order chi connectivity index (χ1) is 8.75. The van der Waals surface area contributed by atoms with Gasteiger partial charge in [-0.25, -0.2) is 0 Å². The van der Waals surface area contributed by atoms with Gasteiger partial charge in [-0.3, -0.25) is 4.98 Å². The van der Waals surface area contributed by atoms with Crippen LogP contribution in [0.2, 0.25) is 0 Å². The van der Waals surface area contributed by atoms with E-state index in [2.05, 4.69) is 10.3 Å². The Kier molecular flexibility index (Phi) is 4.90. The first kappa shape index (κ1) is 13.2. The fourth-order valence-corrected chi connectivity index (χ4v) is 1.71. The SMILES string of the molecule is NC(=S)c1ccc(NCCCOCC2CC2)cn1. The summed E-state index contributed by atoms with van der Waals surface area (Å²) in [5.41, 5.74) is 7.12. The largest absolute Gasteiger partial charge is 0.388 e. The number of aromatic nitrogens is 1. The molecule has 1 aromatic heterocycles. The molecule has 0 aliphatic heterocycles. The molecule has 0 aromatic carbocycles. The highest BCUT2D eigenvalue weighted by atomic mass is 32.1. The predicted molar refractivity (Wildman–Crippen MR) is 76.8 cm³/mol. The van der Waals surface area contributed by atoms with Crippen LogP contribution in [0.3, 0.4) is 0 Å². The fourth-order valence-electron chi connectivity index (χ4n) is 1.59. The third kappa shape index (κ3) is 4.58. The molecule has 1 fully saturated rings. The van der Waals surface area contributed by atoms with Gasteiger partial charge in [0.15, 0.2) is 0 Å². The molecule has 0 radical (unpaired) electrons. The van der Waals surface area contributed by atoms with Crippen molar-refractivity contribution in [2.45, 2.75) is 19.3 Å². The lowest BCUT2D eigenvalue weighted by Crippen LogP contribution is -2.12. The van der Waals surface area contributed by atoms with Crippen LogP contribution < -0.4 is 11.1 Å². The van der Waals surface area contributed by atoms with Crippen LogP contribution in [0.4, 0.5) is 5.69 Å². The van der Waals surface area contributed by atoms with Crippen molar-refractivity contribution in [2.75, 3.05) is 25.1 Å². The molecule has 1 heterocycles. The van der Waals surface area contributed by atoms with E-state index in [4.69, 9.17) is 22.7 Å². The van der Waals surface area contributed by atoms with Gasteiger partial charge in [0.25, 0.3) is 0 Å². The molecule has 18 heavy (non-hydrogen) atoms. The zero-order chi connectivity index (χ0) is 12.8. The zero-order valence-corrected chi connectivity index (χ0v) is 11.2. The van der Waals surface area contributed by atoms with Crippen LogP contribution in [0.5, 0.6) is 0 Å². The van der Waals surface area contributed by atoms with Crippen LogP contribution in [-0.2, 0) is 4.74 Å². The molecule has 0 unspecified atom stereocenters. The summed E-state index contributed by atoms with van der Waals surface area (Å²) in [6.45, 7) is 2.64. The first-order valence-corrected chi connectivity index (χ1v) is 6.74. The summed E-state index contributed by atoms with van der Waals surface area (Å²) in [5.74, 6) is 0.842. The van der Waals surface area contributed by atoms with Crippen LogP contribution in [0, 0.1) is 5.92 Å². The smallest absolute Gasteiger partial charge is 0.122 e. The van der Waals surface area contributed by atoms with Crippen molar-refractivity contribution in [3.63, 3.8) is 0 Å². The van der Waals surface area contributed by atoms with Gasteiger partial charge in [-0.1, -0.05) is 12.2 Å². The van der Waals surface area contributed by atoms with E-state index < -0.39 is 0 Å². The Hall–Kier alpha value is -1.20. The van der Waals surface area contributed by atoms with E-state index in [1.807, 2.05) is 12.1 Å². The highest BCUT2D eigenvalue weighted by Crippen LogP contribution is 2.28. The summed E-state index contributed by atoms with van der Waals surface area (Å²) in [4.78, 5) is 4.49. The van der Waals surface area contributed by atoms with Crippen molar-refractivity contribution in [3.05, 3.63) is 24.0 Å². The Morgan fingerprint density at radius 2 is 2.33 bits per heavy atom. The normalized spacial score (nSPS) is 14.4. The van der Waals surface area contributed by atoms with Crippen LogP contribution in [0.1, 0.15) is 25.0 Å². The number of hydrogen-bond donors (Lipinski definition) is 2. The molecule has 1 aliphatic rings. The van der Waals surface area contributed by atoms with E-state index in [1.54, 1.807) is 6.20 Å². The van der Waals surface area contributed by atoms with Crippen molar-refractivity contribution < 1.29 is 4.74 Å². The Morgan fingerprint density at radius 3 is 2.94 bits per heavy atom. The van der Waals surface area contributed by atoms with E-state index in [-0.39, 0.29) is 0 Å². The van der Waals surface area contributed by atoms with Crippen LogP contribution in [0.25, 0.3) is 0 Å². The van der Waals surface area contributed by atoms with Gasteiger partial charge in [0, 0.05) is 19.8 Å². The number of pyridine rings is 1. The van der Waals surface area contributed by atoms with Gasteiger partial charge in [0.1, 0.15) is 4.99 Å². The summed E-state index contributed by atoms with van der Waals surface area (Å²) in [5, 5.41) is 3.29. The minimum absolute atomic E-state index is 0.329. The van der Waals surface area contributed by atoms with Gasteiger partial charge in [-0.05, 0) is 37.3 Å². The molecule has 0 spiro atoms. The minimum atomic E-state index is 0.329. The third-order valence-corrected chi connectivity index (χ3v) is 3.07. The maximum atomic E-state index is 5.56. The lowest BCUT2D eigenvalue weighted by atomic mass is 10.3. The molecule has 4 nitrogen and oxygen atoms in total. The second-order valence-corrected chi connectivity index (χ2v) is 5.03. The molecule has 0 bridgehead atoms. The Bertz CT molecular complexity index is 390. The molecular weight excluding hydrogens is 246 g/mol. The molecule has 3 N–H and O–H groups in total. The van der Waals surface area contributed by atoms with Crippen molar-refractivity contribution in [1.82, 2.24) is 4.98 Å². The minimum Gasteiger partial charge on any atom is -0.388 e. The van der Waals surface area contributed by atoms with Gasteiger partial charge in [0.2, 0.25) is 0 Å². The number of thiocarbonyl (C=S) groups is 1. The molecule has 1 saturated carbocycles. The second-order valence-electron chi connectivity index (χ2n) is 4.59. The fraction of sp³-hybridized carbons (Fsp3) is 0.538. The molecule has 1 aromatic rings. The average molecular weight is 265 g/mol. The number of ether oxygens (including phenoxy) is 1. The summed E-state index contributed by atoms with van der Waals surface area (Å²) in [7, 11) is 0. The summed E-state index contributed by atoms with van der Waals surface area (Å²) < 4.78 is 5.56. The van der Waals surface area contributed by atoms with Gasteiger partial charge < -0.3 is 15.8 Å². The number of anilines is 1. The van der Waals surface area contributed by atoms with Crippen LogP contribution in [-0.4, -0.2) is 29.7 Å². The molecule has 2 rings (SSSR count). The van der Waals surface area contributed by atoms with E-state index in [0.29, 0.717) is 10.7 Å². The molecule has 1 aliphatic carbocycles. The highest BCUT2D eigenvalue weighted by Gasteiger charge is 2.20. The monoisotopic (exact) mass is 265 g/mol. The molecule has 98 valence electrons. The zero-order valence-electron chi connectivity index (χ0n) is 10.4. The van der Waals surface area contributed by atoms with Crippen molar-refractivity contribution in [1.29, 1.82) is 0 Å². The molecule has 0 amide bonds. The predicted octanol–water partition coefficient (Wildman–Crippen LogP) is 1.94. The molecule has 5 heteroatoms. The van der Waals surface area contributed by atoms with Crippen molar-refractivity contribution in [2.24, 2.45) is 11.7 Å². The number of nitrogens with zero attached hydrogens (tertiary/aromatic N) is 1. The second kappa shape index (κ2) is 6.66. The number of rotatable bonds is 8. The number of nitrogens with two attached hydrogens (primary N) is 1. The Labute approximate surface area is 113 Å². The highest BCUT2D eigenvalue weighted by molar-refractivity contribution is 7.80.